The highest BCUT2D eigenvalue weighted by Gasteiger charge is 2.32. The van der Waals surface area contributed by atoms with E-state index in [9.17, 15) is 18.0 Å². The molecule has 1 aliphatic heterocycles. The van der Waals surface area contributed by atoms with Crippen LogP contribution in [0.2, 0.25) is 0 Å². The highest BCUT2D eigenvalue weighted by molar-refractivity contribution is 7.89. The first-order valence-electron chi connectivity index (χ1n) is 10.9. The molecule has 1 aliphatic rings. The molecule has 2 aromatic carbocycles. The van der Waals surface area contributed by atoms with Gasteiger partial charge in [-0.1, -0.05) is 18.2 Å². The van der Waals surface area contributed by atoms with Gasteiger partial charge in [-0.2, -0.15) is 4.31 Å². The van der Waals surface area contributed by atoms with E-state index in [2.05, 4.69) is 5.32 Å². The number of rotatable bonds is 9. The third-order valence-electron chi connectivity index (χ3n) is 5.91. The van der Waals surface area contributed by atoms with Gasteiger partial charge in [0, 0.05) is 37.2 Å². The van der Waals surface area contributed by atoms with Crippen LogP contribution in [-0.2, 0) is 21.2 Å². The van der Waals surface area contributed by atoms with Crippen LogP contribution in [0.4, 0.5) is 0 Å². The van der Waals surface area contributed by atoms with Crippen LogP contribution in [0.5, 0.6) is 11.5 Å². The molecule has 178 valence electrons. The molecule has 1 fully saturated rings. The number of ketones is 1. The van der Waals surface area contributed by atoms with E-state index < -0.39 is 10.0 Å². The van der Waals surface area contributed by atoms with Crippen molar-refractivity contribution in [3.8, 4) is 11.5 Å². The van der Waals surface area contributed by atoms with Crippen molar-refractivity contribution in [3.63, 3.8) is 0 Å². The molecular weight excluding hydrogens is 444 g/mol. The molecule has 1 amide bonds. The number of ether oxygens (including phenoxy) is 2. The SMILES string of the molecule is COc1ccc(CCNC(=O)C2CCN(S(=O)(=O)c3ccc(C(C)=O)cc3)CC2)c(OC)c1. The monoisotopic (exact) mass is 474 g/mol. The molecule has 0 radical (unpaired) electrons. The molecular formula is C24H30N2O6S. The highest BCUT2D eigenvalue weighted by atomic mass is 32.2. The summed E-state index contributed by atoms with van der Waals surface area (Å²) < 4.78 is 37.8. The summed E-state index contributed by atoms with van der Waals surface area (Å²) in [7, 11) is -0.468. The van der Waals surface area contributed by atoms with Crippen LogP contribution in [0.25, 0.3) is 0 Å². The molecule has 0 bridgehead atoms. The van der Waals surface area contributed by atoms with Crippen LogP contribution in [0, 0.1) is 5.92 Å². The Hall–Kier alpha value is -2.91. The predicted molar refractivity (Wildman–Crippen MR) is 124 cm³/mol. The van der Waals surface area contributed by atoms with Gasteiger partial charge in [-0.15, -0.1) is 0 Å². The minimum Gasteiger partial charge on any atom is -0.497 e. The second-order valence-corrected chi connectivity index (χ2v) is 9.92. The Morgan fingerprint density at radius 1 is 1.03 bits per heavy atom. The fourth-order valence-electron chi connectivity index (χ4n) is 3.89. The number of carbonyl (C=O) groups excluding carboxylic acids is 2. The minimum atomic E-state index is -3.65. The molecule has 0 unspecified atom stereocenters. The van der Waals surface area contributed by atoms with Crippen LogP contribution in [0.15, 0.2) is 47.4 Å². The lowest BCUT2D eigenvalue weighted by Gasteiger charge is -2.30. The summed E-state index contributed by atoms with van der Waals surface area (Å²) in [5.41, 5.74) is 1.44. The van der Waals surface area contributed by atoms with Crippen molar-refractivity contribution in [2.24, 2.45) is 5.92 Å². The average Bonchev–Trinajstić information content (AvgIpc) is 2.84. The fraction of sp³-hybridized carbons (Fsp3) is 0.417. The number of methoxy groups -OCH3 is 2. The second kappa shape index (κ2) is 10.8. The van der Waals surface area contributed by atoms with Crippen LogP contribution in [0.3, 0.4) is 0 Å². The summed E-state index contributed by atoms with van der Waals surface area (Å²) in [6.45, 7) is 2.46. The van der Waals surface area contributed by atoms with Crippen molar-refractivity contribution >= 4 is 21.7 Å². The van der Waals surface area contributed by atoms with Crippen molar-refractivity contribution in [1.82, 2.24) is 9.62 Å². The van der Waals surface area contributed by atoms with E-state index in [4.69, 9.17) is 9.47 Å². The molecule has 2 aromatic rings. The van der Waals surface area contributed by atoms with Gasteiger partial charge in [-0.05, 0) is 49.9 Å². The van der Waals surface area contributed by atoms with Gasteiger partial charge >= 0.3 is 0 Å². The lowest BCUT2D eigenvalue weighted by Crippen LogP contribution is -2.43. The lowest BCUT2D eigenvalue weighted by molar-refractivity contribution is -0.126. The number of nitrogens with zero attached hydrogens (tertiary/aromatic N) is 1. The van der Waals surface area contributed by atoms with E-state index in [1.807, 2.05) is 12.1 Å². The first-order valence-corrected chi connectivity index (χ1v) is 12.3. The molecule has 9 heteroatoms. The molecule has 1 heterocycles. The topological polar surface area (TPSA) is 102 Å². The van der Waals surface area contributed by atoms with Gasteiger partial charge in [0.25, 0.3) is 0 Å². The predicted octanol–water partition coefficient (Wildman–Crippen LogP) is 2.67. The molecule has 33 heavy (non-hydrogen) atoms. The largest absolute Gasteiger partial charge is 0.497 e. The van der Waals surface area contributed by atoms with Crippen molar-refractivity contribution in [1.29, 1.82) is 0 Å². The Morgan fingerprint density at radius 3 is 2.27 bits per heavy atom. The number of sulfonamides is 1. The molecule has 0 aliphatic carbocycles. The molecule has 0 saturated carbocycles. The number of hydrogen-bond acceptors (Lipinski definition) is 6. The van der Waals surface area contributed by atoms with Gasteiger partial charge in [0.15, 0.2) is 5.78 Å². The van der Waals surface area contributed by atoms with Gasteiger partial charge in [-0.3, -0.25) is 9.59 Å². The molecule has 0 atom stereocenters. The summed E-state index contributed by atoms with van der Waals surface area (Å²) in [5.74, 6) is 1.01. The molecule has 0 aromatic heterocycles. The Kier molecular flexibility index (Phi) is 8.10. The molecule has 1 saturated heterocycles. The van der Waals surface area contributed by atoms with E-state index in [-0.39, 0.29) is 35.6 Å². The van der Waals surface area contributed by atoms with E-state index in [0.717, 1.165) is 5.56 Å². The van der Waals surface area contributed by atoms with Crippen LogP contribution in [0.1, 0.15) is 35.7 Å². The second-order valence-electron chi connectivity index (χ2n) is 7.98. The Balaban J connectivity index is 1.51. The van der Waals surface area contributed by atoms with Crippen molar-refractivity contribution in [2.75, 3.05) is 33.9 Å². The Bertz CT molecular complexity index is 1090. The van der Waals surface area contributed by atoms with Crippen LogP contribution in [-0.4, -0.2) is 58.3 Å². The van der Waals surface area contributed by atoms with Gasteiger partial charge in [0.05, 0.1) is 19.1 Å². The van der Waals surface area contributed by atoms with Gasteiger partial charge < -0.3 is 14.8 Å². The first-order chi connectivity index (χ1) is 15.8. The van der Waals surface area contributed by atoms with Crippen LogP contribution < -0.4 is 14.8 Å². The van der Waals surface area contributed by atoms with E-state index in [1.54, 1.807) is 20.3 Å². The van der Waals surface area contributed by atoms with E-state index >= 15 is 0 Å². The third-order valence-corrected chi connectivity index (χ3v) is 7.82. The molecule has 3 rings (SSSR count). The van der Waals surface area contributed by atoms with Gasteiger partial charge in [-0.25, -0.2) is 8.42 Å². The smallest absolute Gasteiger partial charge is 0.243 e. The number of benzene rings is 2. The number of carbonyl (C=O) groups is 2. The van der Waals surface area contributed by atoms with Crippen molar-refractivity contribution in [2.45, 2.75) is 31.1 Å². The van der Waals surface area contributed by atoms with E-state index in [1.165, 1.54) is 35.5 Å². The first kappa shape index (κ1) is 24.7. The lowest BCUT2D eigenvalue weighted by atomic mass is 9.97. The number of piperidine rings is 1. The fourth-order valence-corrected chi connectivity index (χ4v) is 5.36. The summed E-state index contributed by atoms with van der Waals surface area (Å²) in [5, 5.41) is 2.96. The van der Waals surface area contributed by atoms with E-state index in [0.29, 0.717) is 42.9 Å². The summed E-state index contributed by atoms with van der Waals surface area (Å²) in [4.78, 5) is 24.2. The number of nitrogens with one attached hydrogen (secondary N) is 1. The van der Waals surface area contributed by atoms with Crippen LogP contribution >= 0.6 is 0 Å². The Morgan fingerprint density at radius 2 is 1.70 bits per heavy atom. The van der Waals surface area contributed by atoms with Crippen molar-refractivity contribution in [3.05, 3.63) is 53.6 Å². The summed E-state index contributed by atoms with van der Waals surface area (Å²) >= 11 is 0. The highest BCUT2D eigenvalue weighted by Crippen LogP contribution is 2.26. The number of hydrogen-bond donors (Lipinski definition) is 1. The number of amides is 1. The average molecular weight is 475 g/mol. The molecule has 1 N–H and O–H groups in total. The zero-order valence-corrected chi connectivity index (χ0v) is 20.0. The van der Waals surface area contributed by atoms with Crippen molar-refractivity contribution < 1.29 is 27.5 Å². The third kappa shape index (κ3) is 5.91. The normalized spacial score (nSPS) is 15.1. The molecule has 8 nitrogen and oxygen atoms in total. The number of Topliss-reactive ketones (excluding diaryl/α,β-unsaturated/α-hetero) is 1. The Labute approximate surface area is 194 Å². The zero-order chi connectivity index (χ0) is 24.0. The maximum atomic E-state index is 12.9. The van der Waals surface area contributed by atoms with Gasteiger partial charge in [0.1, 0.15) is 11.5 Å². The maximum Gasteiger partial charge on any atom is 0.243 e. The van der Waals surface area contributed by atoms with Gasteiger partial charge in [0.2, 0.25) is 15.9 Å². The standard InChI is InChI=1S/C24H30N2O6S/c1-17(27)18-5-8-22(9-6-18)33(29,30)26-14-11-20(12-15-26)24(28)25-13-10-19-4-7-21(31-2)16-23(19)32-3/h4-9,16,20H,10-15H2,1-3H3,(H,25,28). The quantitative estimate of drug-likeness (QED) is 0.561. The zero-order valence-electron chi connectivity index (χ0n) is 19.2. The summed E-state index contributed by atoms with van der Waals surface area (Å²) in [6, 6.07) is 11.5. The minimum absolute atomic E-state index is 0.0645. The molecule has 0 spiro atoms. The maximum absolute atomic E-state index is 12.9. The summed E-state index contributed by atoms with van der Waals surface area (Å²) in [6.07, 6.45) is 1.54.